The summed E-state index contributed by atoms with van der Waals surface area (Å²) >= 11 is 3.63. The molecular weight excluding hydrogens is 278 g/mol. The van der Waals surface area contributed by atoms with Crippen LogP contribution >= 0.6 is 15.9 Å². The average molecular weight is 298 g/mol. The number of halogens is 1. The van der Waals surface area contributed by atoms with E-state index in [-0.39, 0.29) is 0 Å². The fourth-order valence-electron chi connectivity index (χ4n) is 2.03. The first-order valence-electron chi connectivity index (χ1n) is 6.40. The highest BCUT2D eigenvalue weighted by Gasteiger charge is 2.19. The minimum atomic E-state index is 0.368. The summed E-state index contributed by atoms with van der Waals surface area (Å²) in [5.41, 5.74) is 1.29. The van der Waals surface area contributed by atoms with E-state index in [9.17, 15) is 0 Å². The summed E-state index contributed by atoms with van der Waals surface area (Å²) in [5.74, 6) is 0.981. The highest BCUT2D eigenvalue weighted by molar-refractivity contribution is 9.10. The van der Waals surface area contributed by atoms with E-state index in [2.05, 4.69) is 53.3 Å². The van der Waals surface area contributed by atoms with Crippen LogP contribution in [0.25, 0.3) is 0 Å². The second kappa shape index (κ2) is 5.87. The maximum atomic E-state index is 5.88. The second-order valence-corrected chi connectivity index (χ2v) is 5.49. The Kier molecular flexibility index (Phi) is 4.46. The van der Waals surface area contributed by atoms with Gasteiger partial charge in [0, 0.05) is 10.5 Å². The lowest BCUT2D eigenvalue weighted by molar-refractivity contribution is 0.120. The molecule has 94 valence electrons. The van der Waals surface area contributed by atoms with Gasteiger partial charge in [0.2, 0.25) is 0 Å². The predicted octanol–water partition coefficient (Wildman–Crippen LogP) is 4.05. The molecule has 1 aromatic carbocycles. The molecule has 2 nitrogen and oxygen atoms in total. The Morgan fingerprint density at radius 2 is 2.24 bits per heavy atom. The van der Waals surface area contributed by atoms with Crippen LogP contribution in [0.5, 0.6) is 5.75 Å². The molecular formula is C14H20BrNO. The summed E-state index contributed by atoms with van der Waals surface area (Å²) in [6, 6.07) is 6.67. The first kappa shape index (κ1) is 12.9. The molecule has 0 spiro atoms. The highest BCUT2D eigenvalue weighted by atomic mass is 79.9. The zero-order valence-electron chi connectivity index (χ0n) is 10.5. The van der Waals surface area contributed by atoms with Gasteiger partial charge in [0.15, 0.2) is 0 Å². The maximum absolute atomic E-state index is 5.88. The monoisotopic (exact) mass is 297 g/mol. The Labute approximate surface area is 112 Å². The highest BCUT2D eigenvalue weighted by Crippen LogP contribution is 2.30. The number of ether oxygens (including phenoxy) is 1. The molecule has 1 atom stereocenters. The summed E-state index contributed by atoms with van der Waals surface area (Å²) in [5, 5.41) is 3.41. The predicted molar refractivity (Wildman–Crippen MR) is 74.5 cm³/mol. The van der Waals surface area contributed by atoms with Gasteiger partial charge in [-0.15, -0.1) is 0 Å². The minimum Gasteiger partial charge on any atom is -0.490 e. The van der Waals surface area contributed by atoms with E-state index in [1.165, 1.54) is 24.8 Å². The van der Waals surface area contributed by atoms with Crippen LogP contribution in [0.4, 0.5) is 0 Å². The number of rotatable bonds is 5. The first-order chi connectivity index (χ1) is 8.20. The Balaban J connectivity index is 2.04. The molecule has 1 aromatic rings. The van der Waals surface area contributed by atoms with Crippen LogP contribution in [-0.2, 0) is 0 Å². The van der Waals surface area contributed by atoms with Gasteiger partial charge in [-0.2, -0.15) is 0 Å². The fourth-order valence-corrected chi connectivity index (χ4v) is 2.73. The summed E-state index contributed by atoms with van der Waals surface area (Å²) < 4.78 is 7.00. The van der Waals surface area contributed by atoms with Crippen molar-refractivity contribution in [3.63, 3.8) is 0 Å². The van der Waals surface area contributed by atoms with Crippen LogP contribution in [0.3, 0.4) is 0 Å². The zero-order chi connectivity index (χ0) is 12.3. The Bertz CT molecular complexity index is 376. The second-order valence-electron chi connectivity index (χ2n) is 4.63. The van der Waals surface area contributed by atoms with Crippen LogP contribution in [-0.4, -0.2) is 12.6 Å². The van der Waals surface area contributed by atoms with Crippen LogP contribution < -0.4 is 10.1 Å². The Morgan fingerprint density at radius 1 is 1.47 bits per heavy atom. The molecule has 2 rings (SSSR count). The SMILES string of the molecule is CCNC(C)c1ccc(OC2CCC2)cc1Br. The molecule has 0 bridgehead atoms. The van der Waals surface area contributed by atoms with E-state index in [4.69, 9.17) is 4.74 Å². The van der Waals surface area contributed by atoms with Crippen molar-refractivity contribution in [1.82, 2.24) is 5.32 Å². The standard InChI is InChI=1S/C14H20BrNO/c1-3-16-10(2)13-8-7-12(9-14(13)15)17-11-5-4-6-11/h7-11,16H,3-6H2,1-2H3. The third-order valence-corrected chi connectivity index (χ3v) is 3.99. The molecule has 3 heteroatoms. The molecule has 0 heterocycles. The van der Waals surface area contributed by atoms with Gasteiger partial charge in [-0.3, -0.25) is 0 Å². The summed E-state index contributed by atoms with van der Waals surface area (Å²) in [6.07, 6.45) is 4.15. The van der Waals surface area contributed by atoms with Crippen LogP contribution in [0.2, 0.25) is 0 Å². The molecule has 0 aliphatic heterocycles. The quantitative estimate of drug-likeness (QED) is 0.885. The molecule has 1 fully saturated rings. The molecule has 0 aromatic heterocycles. The van der Waals surface area contributed by atoms with E-state index in [1.807, 2.05) is 0 Å². The van der Waals surface area contributed by atoms with Crippen molar-refractivity contribution in [1.29, 1.82) is 0 Å². The lowest BCUT2D eigenvalue weighted by atomic mass is 9.96. The van der Waals surface area contributed by atoms with Gasteiger partial charge in [0.1, 0.15) is 5.75 Å². The van der Waals surface area contributed by atoms with Crippen molar-refractivity contribution in [2.75, 3.05) is 6.54 Å². The van der Waals surface area contributed by atoms with Crippen molar-refractivity contribution >= 4 is 15.9 Å². The fraction of sp³-hybridized carbons (Fsp3) is 0.571. The van der Waals surface area contributed by atoms with Crippen molar-refractivity contribution in [2.24, 2.45) is 0 Å². The van der Waals surface area contributed by atoms with Gasteiger partial charge in [0.05, 0.1) is 6.10 Å². The van der Waals surface area contributed by atoms with Gasteiger partial charge < -0.3 is 10.1 Å². The lowest BCUT2D eigenvalue weighted by Gasteiger charge is -2.26. The molecule has 17 heavy (non-hydrogen) atoms. The lowest BCUT2D eigenvalue weighted by Crippen LogP contribution is -2.24. The van der Waals surface area contributed by atoms with Crippen molar-refractivity contribution in [3.05, 3.63) is 28.2 Å². The average Bonchev–Trinajstić information content (AvgIpc) is 2.24. The number of hydrogen-bond acceptors (Lipinski definition) is 2. The Morgan fingerprint density at radius 3 is 2.76 bits per heavy atom. The van der Waals surface area contributed by atoms with Gasteiger partial charge in [-0.1, -0.05) is 28.9 Å². The van der Waals surface area contributed by atoms with E-state index >= 15 is 0 Å². The Hall–Kier alpha value is -0.540. The van der Waals surface area contributed by atoms with E-state index < -0.39 is 0 Å². The molecule has 0 amide bonds. The van der Waals surface area contributed by atoms with Gasteiger partial charge in [-0.25, -0.2) is 0 Å². The van der Waals surface area contributed by atoms with Gasteiger partial charge >= 0.3 is 0 Å². The zero-order valence-corrected chi connectivity index (χ0v) is 12.1. The summed E-state index contributed by atoms with van der Waals surface area (Å²) in [4.78, 5) is 0. The van der Waals surface area contributed by atoms with Crippen LogP contribution in [0.1, 0.15) is 44.7 Å². The van der Waals surface area contributed by atoms with Crippen LogP contribution in [0.15, 0.2) is 22.7 Å². The molecule has 0 saturated heterocycles. The topological polar surface area (TPSA) is 21.3 Å². The van der Waals surface area contributed by atoms with E-state index in [1.54, 1.807) is 0 Å². The minimum absolute atomic E-state index is 0.368. The summed E-state index contributed by atoms with van der Waals surface area (Å²) in [6.45, 7) is 5.28. The molecule has 1 unspecified atom stereocenters. The normalized spacial score (nSPS) is 17.6. The first-order valence-corrected chi connectivity index (χ1v) is 7.19. The van der Waals surface area contributed by atoms with E-state index in [0.717, 1.165) is 16.8 Å². The third kappa shape index (κ3) is 3.23. The molecule has 1 saturated carbocycles. The largest absolute Gasteiger partial charge is 0.490 e. The number of nitrogens with one attached hydrogen (secondary N) is 1. The van der Waals surface area contributed by atoms with Crippen molar-refractivity contribution in [3.8, 4) is 5.75 Å². The third-order valence-electron chi connectivity index (χ3n) is 3.30. The van der Waals surface area contributed by atoms with Crippen molar-refractivity contribution in [2.45, 2.75) is 45.3 Å². The molecule has 1 N–H and O–H groups in total. The van der Waals surface area contributed by atoms with Gasteiger partial charge in [-0.05, 0) is 50.4 Å². The van der Waals surface area contributed by atoms with Crippen molar-refractivity contribution < 1.29 is 4.74 Å². The van der Waals surface area contributed by atoms with Gasteiger partial charge in [0.25, 0.3) is 0 Å². The molecule has 0 radical (unpaired) electrons. The number of hydrogen-bond donors (Lipinski definition) is 1. The summed E-state index contributed by atoms with van der Waals surface area (Å²) in [7, 11) is 0. The van der Waals surface area contributed by atoms with E-state index in [0.29, 0.717) is 12.1 Å². The molecule has 1 aliphatic rings. The van der Waals surface area contributed by atoms with Crippen LogP contribution in [0, 0.1) is 0 Å². The maximum Gasteiger partial charge on any atom is 0.120 e. The molecule has 1 aliphatic carbocycles. The smallest absolute Gasteiger partial charge is 0.120 e. The number of benzene rings is 1.